The van der Waals surface area contributed by atoms with E-state index in [1.54, 1.807) is 12.0 Å². The lowest BCUT2D eigenvalue weighted by Gasteiger charge is -2.39. The van der Waals surface area contributed by atoms with Gasteiger partial charge in [0, 0.05) is 12.2 Å². The van der Waals surface area contributed by atoms with E-state index in [0.717, 1.165) is 41.1 Å². The first-order valence-corrected chi connectivity index (χ1v) is 21.2. The first kappa shape index (κ1) is 35.0. The molecule has 3 aliphatic rings. The molecule has 2 amide bonds. The summed E-state index contributed by atoms with van der Waals surface area (Å²) in [5.41, 5.74) is 5.23. The van der Waals surface area contributed by atoms with Crippen LogP contribution in [0, 0.1) is 5.92 Å². The Morgan fingerprint density at radius 3 is 2.45 bits per heavy atom. The van der Waals surface area contributed by atoms with Gasteiger partial charge in [0.05, 0.1) is 52.1 Å². The van der Waals surface area contributed by atoms with Crippen molar-refractivity contribution in [3.05, 3.63) is 114 Å². The Kier molecular flexibility index (Phi) is 10.1. The van der Waals surface area contributed by atoms with Crippen molar-refractivity contribution in [2.75, 3.05) is 25.2 Å². The lowest BCUT2D eigenvalue weighted by atomic mass is 9.93. The minimum atomic E-state index is -2.19. The van der Waals surface area contributed by atoms with Crippen molar-refractivity contribution >= 4 is 36.4 Å². The molecule has 1 saturated heterocycles. The van der Waals surface area contributed by atoms with Crippen LogP contribution < -0.4 is 19.6 Å². The monoisotopic (exact) mass is 704 g/mol. The third kappa shape index (κ3) is 6.95. The molecule has 9 heteroatoms. The number of carbonyl (C=O) groups is 2. The van der Waals surface area contributed by atoms with E-state index in [9.17, 15) is 14.7 Å². The van der Waals surface area contributed by atoms with E-state index in [2.05, 4.69) is 56.4 Å². The van der Waals surface area contributed by atoms with E-state index in [1.165, 1.54) is 10.8 Å². The fourth-order valence-electron chi connectivity index (χ4n) is 8.72. The topological polar surface area (TPSA) is 88.5 Å². The van der Waals surface area contributed by atoms with Gasteiger partial charge in [-0.2, -0.15) is 0 Å². The van der Waals surface area contributed by atoms with E-state index < -0.39 is 8.07 Å². The van der Waals surface area contributed by atoms with Gasteiger partial charge in [-0.1, -0.05) is 85.9 Å². The number of ether oxygens (including phenoxy) is 3. The molecule has 0 aromatic heterocycles. The molecule has 51 heavy (non-hydrogen) atoms. The summed E-state index contributed by atoms with van der Waals surface area (Å²) in [5.74, 6) is 1.69. The maximum Gasteiger partial charge on any atom is 0.269 e. The molecule has 5 atom stereocenters. The van der Waals surface area contributed by atoms with Crippen molar-refractivity contribution in [1.82, 2.24) is 4.90 Å². The quantitative estimate of drug-likeness (QED) is 0.192. The molecule has 1 N–H and O–H groups in total. The second kappa shape index (κ2) is 14.7. The molecule has 266 valence electrons. The van der Waals surface area contributed by atoms with E-state index >= 15 is 0 Å². The van der Waals surface area contributed by atoms with Gasteiger partial charge in [0.1, 0.15) is 11.5 Å². The lowest BCUT2D eigenvalue weighted by molar-refractivity contribution is -0.138. The zero-order valence-electron chi connectivity index (χ0n) is 30.0. The third-order valence-electron chi connectivity index (χ3n) is 11.4. The molecule has 4 aromatic carbocycles. The number of anilines is 2. The van der Waals surface area contributed by atoms with Crippen molar-refractivity contribution in [3.8, 4) is 11.5 Å². The number of fused-ring (bicyclic) bond motifs is 2. The lowest BCUT2D eigenvalue weighted by Crippen LogP contribution is -2.52. The van der Waals surface area contributed by atoms with Crippen LogP contribution in [0.15, 0.2) is 97.1 Å². The van der Waals surface area contributed by atoms with Gasteiger partial charge in [-0.3, -0.25) is 14.5 Å². The highest BCUT2D eigenvalue weighted by molar-refractivity contribution is 6.91. The number of aliphatic hydroxyl groups excluding tert-OH is 1. The summed E-state index contributed by atoms with van der Waals surface area (Å²) in [5, 5.41) is 11.7. The average molecular weight is 705 g/mol. The summed E-state index contributed by atoms with van der Waals surface area (Å²) in [6, 6.07) is 32.2. The normalized spacial score (nSPS) is 23.0. The van der Waals surface area contributed by atoms with Gasteiger partial charge in [0.2, 0.25) is 5.91 Å². The Bertz CT molecular complexity index is 1880. The molecule has 3 heterocycles. The Hall–Kier alpha value is -4.44. The number of benzene rings is 4. The van der Waals surface area contributed by atoms with E-state index in [1.807, 2.05) is 65.6 Å². The molecule has 0 saturated carbocycles. The number of methoxy groups -OCH3 is 1. The van der Waals surface area contributed by atoms with Gasteiger partial charge in [-0.05, 0) is 83.8 Å². The predicted octanol–water partition coefficient (Wildman–Crippen LogP) is 6.41. The van der Waals surface area contributed by atoms with Crippen molar-refractivity contribution in [1.29, 1.82) is 0 Å². The first-order valence-electron chi connectivity index (χ1n) is 18.1. The second-order valence-electron chi connectivity index (χ2n) is 14.8. The summed E-state index contributed by atoms with van der Waals surface area (Å²) in [4.78, 5) is 30.9. The van der Waals surface area contributed by atoms with E-state index in [-0.39, 0.29) is 61.2 Å². The fourth-order valence-corrected chi connectivity index (χ4v) is 12.8. The largest absolute Gasteiger partial charge is 0.497 e. The number of hydrogen-bond donors (Lipinski definition) is 1. The number of carbonyl (C=O) groups excluding carboxylic acids is 2. The Morgan fingerprint density at radius 1 is 0.941 bits per heavy atom. The van der Waals surface area contributed by atoms with Crippen LogP contribution in [0.5, 0.6) is 11.5 Å². The molecule has 1 fully saturated rings. The second-order valence-corrected chi connectivity index (χ2v) is 19.5. The average Bonchev–Trinajstić information content (AvgIpc) is 3.47. The first-order chi connectivity index (χ1) is 24.7. The van der Waals surface area contributed by atoms with Gasteiger partial charge in [-0.15, -0.1) is 0 Å². The van der Waals surface area contributed by atoms with Crippen LogP contribution in [0.25, 0.3) is 0 Å². The maximum absolute atomic E-state index is 14.2. The summed E-state index contributed by atoms with van der Waals surface area (Å²) >= 11 is 0. The van der Waals surface area contributed by atoms with Gasteiger partial charge >= 0.3 is 0 Å². The number of para-hydroxylation sites is 2. The molecule has 4 aromatic rings. The number of aryl methyl sites for hydroxylation is 1. The van der Waals surface area contributed by atoms with Crippen LogP contribution in [0.2, 0.25) is 18.6 Å². The van der Waals surface area contributed by atoms with E-state index in [0.29, 0.717) is 18.7 Å². The SMILES string of the molecule is COc1ccc([Si](C)(C)[C@H]2[C@H](C)[C@H](CCc3cccc(N4C(=O)COc5ccccc54)c3)O[C@@H]2CC(=O)N2Cc3ccccc3C[C@H]2CO)cc1. The molecule has 0 bridgehead atoms. The third-order valence-corrected chi connectivity index (χ3v) is 15.8. The van der Waals surface area contributed by atoms with Crippen molar-refractivity contribution in [3.63, 3.8) is 0 Å². The predicted molar refractivity (Wildman–Crippen MR) is 202 cm³/mol. The Labute approximate surface area is 302 Å². The van der Waals surface area contributed by atoms with Crippen LogP contribution >= 0.6 is 0 Å². The summed E-state index contributed by atoms with van der Waals surface area (Å²) in [6.07, 6.45) is 2.22. The highest BCUT2D eigenvalue weighted by Gasteiger charge is 2.51. The number of nitrogens with zero attached hydrogens (tertiary/aromatic N) is 2. The maximum atomic E-state index is 14.2. The Balaban J connectivity index is 1.13. The molecular formula is C42H48N2O6Si. The summed E-state index contributed by atoms with van der Waals surface area (Å²) in [7, 11) is -0.504. The van der Waals surface area contributed by atoms with Crippen LogP contribution in [0.3, 0.4) is 0 Å². The Morgan fingerprint density at radius 2 is 1.69 bits per heavy atom. The van der Waals surface area contributed by atoms with Gasteiger partial charge in [0.25, 0.3) is 5.91 Å². The van der Waals surface area contributed by atoms with E-state index in [4.69, 9.17) is 14.2 Å². The highest BCUT2D eigenvalue weighted by atomic mass is 28.3. The van der Waals surface area contributed by atoms with Gasteiger partial charge in [-0.25, -0.2) is 0 Å². The minimum Gasteiger partial charge on any atom is -0.497 e. The van der Waals surface area contributed by atoms with Crippen LogP contribution in [-0.2, 0) is 33.7 Å². The molecule has 0 aliphatic carbocycles. The molecule has 0 unspecified atom stereocenters. The van der Waals surface area contributed by atoms with Crippen LogP contribution in [0.1, 0.15) is 36.5 Å². The fraction of sp³-hybridized carbons (Fsp3) is 0.381. The van der Waals surface area contributed by atoms with Gasteiger partial charge < -0.3 is 24.2 Å². The van der Waals surface area contributed by atoms with Crippen LogP contribution in [-0.4, -0.2) is 68.5 Å². The highest BCUT2D eigenvalue weighted by Crippen LogP contribution is 2.47. The summed E-state index contributed by atoms with van der Waals surface area (Å²) in [6.45, 7) is 7.53. The molecule has 0 spiro atoms. The van der Waals surface area contributed by atoms with Crippen molar-refractivity contribution in [2.45, 2.75) is 76.0 Å². The van der Waals surface area contributed by atoms with Crippen molar-refractivity contribution in [2.24, 2.45) is 5.92 Å². The van der Waals surface area contributed by atoms with Crippen LogP contribution in [0.4, 0.5) is 11.4 Å². The zero-order chi connectivity index (χ0) is 35.7. The number of amides is 2. The molecular weight excluding hydrogens is 657 g/mol. The van der Waals surface area contributed by atoms with Crippen molar-refractivity contribution < 1.29 is 28.9 Å². The molecule has 8 nitrogen and oxygen atoms in total. The minimum absolute atomic E-state index is 0.00697. The smallest absolute Gasteiger partial charge is 0.269 e. The molecule has 7 rings (SSSR count). The standard InChI is InChI=1S/C42H48N2O6Si/c1-28-37(21-16-29-10-9-13-32(22-29)44-36-14-7-8-15-38(36)49-27-41(44)47)50-39(42(28)51(3,4)35-19-17-34(48-2)18-20-35)24-40(46)43-25-31-12-6-5-11-30(31)23-33(43)26-45/h5-15,17-20,22,28,33,37,39,42,45H,16,21,23-27H2,1-4H3/t28-,33+,37+,39-,42+/m1/s1. The number of aliphatic hydroxyl groups is 1. The number of hydrogen-bond acceptors (Lipinski definition) is 6. The summed E-state index contributed by atoms with van der Waals surface area (Å²) < 4.78 is 18.1. The molecule has 3 aliphatic heterocycles. The van der Waals surface area contributed by atoms with Gasteiger partial charge in [0.15, 0.2) is 6.61 Å². The number of rotatable bonds is 10. The molecule has 0 radical (unpaired) electrons. The zero-order valence-corrected chi connectivity index (χ0v) is 31.0.